The number of aliphatic hydroxyl groups is 1. The van der Waals surface area contributed by atoms with E-state index in [1.807, 2.05) is 18.5 Å². The van der Waals surface area contributed by atoms with Gasteiger partial charge in [-0.3, -0.25) is 4.98 Å². The van der Waals surface area contributed by atoms with Gasteiger partial charge >= 0.3 is 0 Å². The second kappa shape index (κ2) is 4.67. The molecule has 4 rings (SSSR count). The van der Waals surface area contributed by atoms with E-state index < -0.39 is 5.60 Å². The van der Waals surface area contributed by atoms with Gasteiger partial charge < -0.3 is 5.11 Å². The minimum Gasteiger partial charge on any atom is -0.384 e. The lowest BCUT2D eigenvalue weighted by Gasteiger charge is -2.35. The molecule has 2 atom stereocenters. The van der Waals surface area contributed by atoms with E-state index in [-0.39, 0.29) is 0 Å². The first-order valence-corrected chi connectivity index (χ1v) is 7.90. The average Bonchev–Trinajstić information content (AvgIpc) is 2.71. The molecule has 21 heavy (non-hydrogen) atoms. The van der Waals surface area contributed by atoms with Crippen LogP contribution in [0.3, 0.4) is 0 Å². The van der Waals surface area contributed by atoms with Crippen LogP contribution in [0.2, 0.25) is 0 Å². The first-order valence-electron chi connectivity index (χ1n) is 7.90. The molecule has 1 saturated carbocycles. The molecule has 108 valence electrons. The molecule has 1 heterocycles. The molecule has 0 radical (unpaired) electrons. The monoisotopic (exact) mass is 279 g/mol. The maximum atomic E-state index is 11.6. The Morgan fingerprint density at radius 3 is 2.24 bits per heavy atom. The molecule has 2 aliphatic rings. The summed E-state index contributed by atoms with van der Waals surface area (Å²) in [5.74, 6) is 0.628. The van der Waals surface area contributed by atoms with Gasteiger partial charge in [-0.05, 0) is 67.2 Å². The molecular weight excluding hydrogens is 258 g/mol. The molecule has 0 saturated heterocycles. The molecule has 0 amide bonds. The Bertz CT molecular complexity index is 646. The van der Waals surface area contributed by atoms with Gasteiger partial charge in [-0.2, -0.15) is 0 Å². The molecule has 0 aliphatic heterocycles. The van der Waals surface area contributed by atoms with Crippen molar-refractivity contribution in [3.8, 4) is 0 Å². The molecule has 2 bridgehead atoms. The normalized spacial score (nSPS) is 30.8. The summed E-state index contributed by atoms with van der Waals surface area (Å²) in [6.45, 7) is 2.09. The van der Waals surface area contributed by atoms with Crippen molar-refractivity contribution in [3.63, 3.8) is 0 Å². The van der Waals surface area contributed by atoms with Crippen molar-refractivity contribution in [2.75, 3.05) is 0 Å². The molecule has 1 N–H and O–H groups in total. The molecule has 2 aliphatic carbocycles. The maximum absolute atomic E-state index is 11.6. The fourth-order valence-electron chi connectivity index (χ4n) is 4.50. The zero-order valence-electron chi connectivity index (χ0n) is 12.4. The van der Waals surface area contributed by atoms with Crippen LogP contribution in [0.15, 0.2) is 42.7 Å². The molecule has 2 heteroatoms. The maximum Gasteiger partial charge on any atom is 0.0976 e. The topological polar surface area (TPSA) is 33.1 Å². The number of aryl methyl sites for hydroxylation is 1. The summed E-state index contributed by atoms with van der Waals surface area (Å²) in [5.41, 5.74) is 4.34. The Morgan fingerprint density at radius 1 is 1.05 bits per heavy atom. The van der Waals surface area contributed by atoms with Crippen LogP contribution in [0, 0.1) is 18.8 Å². The van der Waals surface area contributed by atoms with Gasteiger partial charge in [-0.15, -0.1) is 0 Å². The predicted octanol–water partition coefficient (Wildman–Crippen LogP) is 3.40. The second-order valence-electron chi connectivity index (χ2n) is 6.66. The Kier molecular flexibility index (Phi) is 2.90. The highest BCUT2D eigenvalue weighted by Crippen LogP contribution is 2.53. The minimum atomic E-state index is -0.711. The van der Waals surface area contributed by atoms with Gasteiger partial charge in [0.05, 0.1) is 5.60 Å². The van der Waals surface area contributed by atoms with Gasteiger partial charge in [-0.1, -0.05) is 24.3 Å². The molecular formula is C19H21NO. The van der Waals surface area contributed by atoms with E-state index in [4.69, 9.17) is 0 Å². The van der Waals surface area contributed by atoms with Gasteiger partial charge in [0.2, 0.25) is 0 Å². The van der Waals surface area contributed by atoms with Crippen LogP contribution < -0.4 is 0 Å². The van der Waals surface area contributed by atoms with Gasteiger partial charge in [0.1, 0.15) is 0 Å². The molecule has 2 aromatic rings. The number of fused-ring (bicyclic) bond motifs is 3. The smallest absolute Gasteiger partial charge is 0.0976 e. The van der Waals surface area contributed by atoms with Crippen LogP contribution >= 0.6 is 0 Å². The predicted molar refractivity (Wildman–Crippen MR) is 82.9 cm³/mol. The largest absolute Gasteiger partial charge is 0.384 e. The van der Waals surface area contributed by atoms with E-state index >= 15 is 0 Å². The summed E-state index contributed by atoms with van der Waals surface area (Å²) >= 11 is 0. The van der Waals surface area contributed by atoms with Gasteiger partial charge in [0.15, 0.2) is 0 Å². The van der Waals surface area contributed by atoms with E-state index in [9.17, 15) is 5.11 Å². The van der Waals surface area contributed by atoms with E-state index in [2.05, 4.69) is 36.2 Å². The minimum absolute atomic E-state index is 0.314. The van der Waals surface area contributed by atoms with Crippen LogP contribution in [0.1, 0.15) is 35.1 Å². The SMILES string of the molecule is Cc1ccncc1C1(O)C2CCC1Cc1ccccc1C2. The summed E-state index contributed by atoms with van der Waals surface area (Å²) in [7, 11) is 0. The molecule has 1 fully saturated rings. The van der Waals surface area contributed by atoms with Crippen LogP contribution in [-0.2, 0) is 18.4 Å². The van der Waals surface area contributed by atoms with Crippen molar-refractivity contribution in [1.29, 1.82) is 0 Å². The van der Waals surface area contributed by atoms with E-state index in [1.165, 1.54) is 11.1 Å². The lowest BCUT2D eigenvalue weighted by atomic mass is 9.76. The number of pyridine rings is 1. The standard InChI is InChI=1S/C19H21NO/c1-13-8-9-20-12-18(13)19(21)16-6-7-17(19)11-15-5-3-2-4-14(15)10-16/h2-5,8-9,12,16-17,21H,6-7,10-11H2,1H3. The fourth-order valence-corrected chi connectivity index (χ4v) is 4.50. The second-order valence-corrected chi connectivity index (χ2v) is 6.66. The molecule has 1 aromatic carbocycles. The average molecular weight is 279 g/mol. The quantitative estimate of drug-likeness (QED) is 0.868. The van der Waals surface area contributed by atoms with Crippen LogP contribution in [0.5, 0.6) is 0 Å². The van der Waals surface area contributed by atoms with Gasteiger partial charge in [0.25, 0.3) is 0 Å². The molecule has 0 spiro atoms. The highest BCUT2D eigenvalue weighted by molar-refractivity contribution is 5.37. The van der Waals surface area contributed by atoms with Crippen molar-refractivity contribution < 1.29 is 5.11 Å². The van der Waals surface area contributed by atoms with Crippen LogP contribution in [-0.4, -0.2) is 10.1 Å². The van der Waals surface area contributed by atoms with Crippen molar-refractivity contribution in [3.05, 3.63) is 65.0 Å². The zero-order valence-corrected chi connectivity index (χ0v) is 12.4. The lowest BCUT2D eigenvalue weighted by Crippen LogP contribution is -2.38. The Balaban J connectivity index is 1.84. The van der Waals surface area contributed by atoms with Crippen molar-refractivity contribution in [2.24, 2.45) is 11.8 Å². The number of aromatic nitrogens is 1. The summed E-state index contributed by atoms with van der Waals surface area (Å²) in [4.78, 5) is 4.28. The van der Waals surface area contributed by atoms with Crippen molar-refractivity contribution >= 4 is 0 Å². The highest BCUT2D eigenvalue weighted by atomic mass is 16.3. The molecule has 2 unspecified atom stereocenters. The number of hydrogen-bond donors (Lipinski definition) is 1. The lowest BCUT2D eigenvalue weighted by molar-refractivity contribution is -0.0403. The van der Waals surface area contributed by atoms with Gasteiger partial charge in [0, 0.05) is 18.0 Å². The Labute approximate surface area is 125 Å². The summed E-state index contributed by atoms with van der Waals surface area (Å²) in [5, 5.41) is 11.6. The number of rotatable bonds is 1. The Morgan fingerprint density at radius 2 is 1.67 bits per heavy atom. The molecule has 1 aromatic heterocycles. The Hall–Kier alpha value is -1.67. The third-order valence-electron chi connectivity index (χ3n) is 5.63. The number of nitrogens with zero attached hydrogens (tertiary/aromatic N) is 1. The molecule has 2 nitrogen and oxygen atoms in total. The zero-order chi connectivity index (χ0) is 14.4. The van der Waals surface area contributed by atoms with E-state index in [1.54, 1.807) is 0 Å². The van der Waals surface area contributed by atoms with Crippen LogP contribution in [0.25, 0.3) is 0 Å². The summed E-state index contributed by atoms with van der Waals surface area (Å²) in [6.07, 6.45) is 7.90. The van der Waals surface area contributed by atoms with E-state index in [0.717, 1.165) is 36.8 Å². The van der Waals surface area contributed by atoms with Crippen molar-refractivity contribution in [2.45, 2.75) is 38.2 Å². The van der Waals surface area contributed by atoms with Crippen LogP contribution in [0.4, 0.5) is 0 Å². The van der Waals surface area contributed by atoms with Gasteiger partial charge in [-0.25, -0.2) is 0 Å². The first kappa shape index (κ1) is 13.0. The third-order valence-corrected chi connectivity index (χ3v) is 5.63. The highest BCUT2D eigenvalue weighted by Gasteiger charge is 2.52. The third kappa shape index (κ3) is 1.86. The first-order chi connectivity index (χ1) is 10.2. The summed E-state index contributed by atoms with van der Waals surface area (Å²) in [6, 6.07) is 10.7. The number of hydrogen-bond acceptors (Lipinski definition) is 2. The van der Waals surface area contributed by atoms with Crippen molar-refractivity contribution in [1.82, 2.24) is 4.98 Å². The fraction of sp³-hybridized carbons (Fsp3) is 0.421. The number of benzene rings is 1. The van der Waals surface area contributed by atoms with E-state index in [0.29, 0.717) is 11.8 Å². The summed E-state index contributed by atoms with van der Waals surface area (Å²) < 4.78 is 0.